The van der Waals surface area contributed by atoms with Crippen LogP contribution < -0.4 is 10.6 Å². The lowest BCUT2D eigenvalue weighted by Gasteiger charge is -2.39. The maximum absolute atomic E-state index is 12.5. The van der Waals surface area contributed by atoms with Crippen LogP contribution in [0.2, 0.25) is 0 Å². The topological polar surface area (TPSA) is 87.7 Å². The van der Waals surface area contributed by atoms with Crippen LogP contribution in [0.4, 0.5) is 9.59 Å². The van der Waals surface area contributed by atoms with Crippen molar-refractivity contribution < 1.29 is 19.1 Å². The van der Waals surface area contributed by atoms with Crippen molar-refractivity contribution in [1.29, 1.82) is 0 Å². The third kappa shape index (κ3) is 3.18. The van der Waals surface area contributed by atoms with Crippen molar-refractivity contribution in [3.05, 3.63) is 0 Å². The molecule has 1 spiro atoms. The first-order chi connectivity index (χ1) is 10.2. The summed E-state index contributed by atoms with van der Waals surface area (Å²) in [7, 11) is 1.49. The van der Waals surface area contributed by atoms with Crippen LogP contribution in [0.1, 0.15) is 46.5 Å². The Bertz CT molecular complexity index is 486. The number of urea groups is 1. The highest BCUT2D eigenvalue weighted by molar-refractivity contribution is 6.07. The minimum atomic E-state index is -0.876. The molecule has 22 heavy (non-hydrogen) atoms. The molecule has 1 aliphatic carbocycles. The second-order valence-electron chi connectivity index (χ2n) is 7.09. The van der Waals surface area contributed by atoms with E-state index in [2.05, 4.69) is 10.6 Å². The number of hydrogen-bond donors (Lipinski definition) is 2. The lowest BCUT2D eigenvalue weighted by Crippen LogP contribution is -2.57. The standard InChI is InChI=1S/C15H25N3O4/c1-14(2,3)22-13(21)16-9-10-7-5-6-8-15(10)11(19)18(4)12(20)17-15/h10H,5-9H2,1-4H3,(H,16,21)(H,17,20)/t10-,15-/m0/s1. The third-order valence-electron chi connectivity index (χ3n) is 4.28. The minimum Gasteiger partial charge on any atom is -0.444 e. The summed E-state index contributed by atoms with van der Waals surface area (Å²) in [5.74, 6) is -0.316. The normalized spacial score (nSPS) is 28.7. The van der Waals surface area contributed by atoms with E-state index in [-0.39, 0.29) is 17.9 Å². The molecule has 124 valence electrons. The van der Waals surface area contributed by atoms with Gasteiger partial charge in [-0.2, -0.15) is 0 Å². The number of alkyl carbamates (subject to hydrolysis) is 1. The molecule has 0 unspecified atom stereocenters. The smallest absolute Gasteiger partial charge is 0.407 e. The predicted molar refractivity (Wildman–Crippen MR) is 80.2 cm³/mol. The molecule has 1 aliphatic heterocycles. The molecule has 4 amide bonds. The Balaban J connectivity index is 2.04. The van der Waals surface area contributed by atoms with Gasteiger partial charge in [0, 0.05) is 19.5 Å². The maximum Gasteiger partial charge on any atom is 0.407 e. The highest BCUT2D eigenvalue weighted by Crippen LogP contribution is 2.37. The van der Waals surface area contributed by atoms with Crippen LogP contribution in [0.3, 0.4) is 0 Å². The van der Waals surface area contributed by atoms with Gasteiger partial charge in [-0.25, -0.2) is 9.59 Å². The predicted octanol–water partition coefficient (Wildman–Crippen LogP) is 1.62. The first-order valence-corrected chi connectivity index (χ1v) is 7.73. The van der Waals surface area contributed by atoms with Crippen LogP contribution >= 0.6 is 0 Å². The first-order valence-electron chi connectivity index (χ1n) is 7.73. The monoisotopic (exact) mass is 311 g/mol. The van der Waals surface area contributed by atoms with Gasteiger partial charge in [0.1, 0.15) is 11.1 Å². The molecule has 0 aromatic carbocycles. The van der Waals surface area contributed by atoms with Gasteiger partial charge >= 0.3 is 12.1 Å². The Morgan fingerprint density at radius 3 is 2.64 bits per heavy atom. The number of imide groups is 1. The van der Waals surface area contributed by atoms with Gasteiger partial charge in [0.25, 0.3) is 5.91 Å². The number of amides is 4. The molecule has 0 aromatic rings. The summed E-state index contributed by atoms with van der Waals surface area (Å²) in [5, 5.41) is 5.56. The van der Waals surface area contributed by atoms with Crippen LogP contribution in [0, 0.1) is 5.92 Å². The van der Waals surface area contributed by atoms with Crippen molar-refractivity contribution >= 4 is 18.0 Å². The number of nitrogens with one attached hydrogen (secondary N) is 2. The highest BCUT2D eigenvalue weighted by atomic mass is 16.6. The zero-order valence-corrected chi connectivity index (χ0v) is 13.7. The Kier molecular flexibility index (Phi) is 4.35. The molecule has 2 atom stereocenters. The summed E-state index contributed by atoms with van der Waals surface area (Å²) in [6, 6.07) is -0.367. The average molecular weight is 311 g/mol. The first kappa shape index (κ1) is 16.6. The molecule has 0 aromatic heterocycles. The van der Waals surface area contributed by atoms with Crippen LogP contribution in [0.15, 0.2) is 0 Å². The minimum absolute atomic E-state index is 0.116. The lowest BCUT2D eigenvalue weighted by molar-refractivity contribution is -0.133. The fourth-order valence-electron chi connectivity index (χ4n) is 3.21. The van der Waals surface area contributed by atoms with Crippen LogP contribution in [0.25, 0.3) is 0 Å². The number of ether oxygens (including phenoxy) is 1. The van der Waals surface area contributed by atoms with Crippen molar-refractivity contribution in [2.75, 3.05) is 13.6 Å². The van der Waals surface area contributed by atoms with E-state index < -0.39 is 17.2 Å². The molecule has 0 radical (unpaired) electrons. The molecule has 7 heteroatoms. The van der Waals surface area contributed by atoms with Gasteiger partial charge in [-0.05, 0) is 33.6 Å². The number of carbonyl (C=O) groups is 3. The van der Waals surface area contributed by atoms with Gasteiger partial charge in [0.05, 0.1) is 0 Å². The Morgan fingerprint density at radius 1 is 1.41 bits per heavy atom. The number of likely N-dealkylation sites (N-methyl/N-ethyl adjacent to an activating group) is 1. The second-order valence-corrected chi connectivity index (χ2v) is 7.09. The van der Waals surface area contributed by atoms with Gasteiger partial charge in [-0.15, -0.1) is 0 Å². The third-order valence-corrected chi connectivity index (χ3v) is 4.28. The molecule has 2 rings (SSSR count). The highest BCUT2D eigenvalue weighted by Gasteiger charge is 2.55. The van der Waals surface area contributed by atoms with E-state index in [1.165, 1.54) is 7.05 Å². The molecular formula is C15H25N3O4. The lowest BCUT2D eigenvalue weighted by atomic mass is 9.72. The van der Waals surface area contributed by atoms with E-state index in [1.54, 1.807) is 20.8 Å². The second kappa shape index (κ2) is 5.78. The number of rotatable bonds is 2. The summed E-state index contributed by atoms with van der Waals surface area (Å²) < 4.78 is 5.22. The molecule has 1 heterocycles. The van der Waals surface area contributed by atoms with Gasteiger partial charge in [0.2, 0.25) is 0 Å². The summed E-state index contributed by atoms with van der Waals surface area (Å²) in [5.41, 5.74) is -1.44. The van der Waals surface area contributed by atoms with E-state index in [0.717, 1.165) is 24.2 Å². The number of hydrogen-bond acceptors (Lipinski definition) is 4. The average Bonchev–Trinajstić information content (AvgIpc) is 2.61. The Hall–Kier alpha value is -1.79. The number of nitrogens with zero attached hydrogens (tertiary/aromatic N) is 1. The van der Waals surface area contributed by atoms with Crippen LogP contribution in [-0.4, -0.2) is 47.7 Å². The summed E-state index contributed by atoms with van der Waals surface area (Å²) >= 11 is 0. The molecule has 2 fully saturated rings. The quantitative estimate of drug-likeness (QED) is 0.759. The van der Waals surface area contributed by atoms with E-state index in [1.807, 2.05) is 0 Å². The van der Waals surface area contributed by atoms with E-state index in [9.17, 15) is 14.4 Å². The van der Waals surface area contributed by atoms with Crippen molar-refractivity contribution in [3.8, 4) is 0 Å². The Morgan fingerprint density at radius 2 is 2.09 bits per heavy atom. The van der Waals surface area contributed by atoms with Crippen molar-refractivity contribution in [2.24, 2.45) is 5.92 Å². The van der Waals surface area contributed by atoms with Crippen molar-refractivity contribution in [3.63, 3.8) is 0 Å². The summed E-state index contributed by atoms with van der Waals surface area (Å²) in [6.45, 7) is 5.70. The summed E-state index contributed by atoms with van der Waals surface area (Å²) in [4.78, 5) is 37.2. The van der Waals surface area contributed by atoms with Gasteiger partial charge in [-0.1, -0.05) is 12.8 Å². The zero-order chi connectivity index (χ0) is 16.5. The molecule has 2 aliphatic rings. The molecule has 1 saturated heterocycles. The maximum atomic E-state index is 12.5. The van der Waals surface area contributed by atoms with Gasteiger partial charge in [0.15, 0.2) is 0 Å². The fraction of sp³-hybridized carbons (Fsp3) is 0.800. The largest absolute Gasteiger partial charge is 0.444 e. The van der Waals surface area contributed by atoms with Crippen LogP contribution in [0.5, 0.6) is 0 Å². The fourth-order valence-corrected chi connectivity index (χ4v) is 3.21. The molecule has 7 nitrogen and oxygen atoms in total. The van der Waals surface area contributed by atoms with E-state index in [0.29, 0.717) is 13.0 Å². The van der Waals surface area contributed by atoms with Crippen LogP contribution in [-0.2, 0) is 9.53 Å². The van der Waals surface area contributed by atoms with Gasteiger partial charge in [-0.3, -0.25) is 9.69 Å². The Labute approximate surface area is 130 Å². The molecule has 2 N–H and O–H groups in total. The van der Waals surface area contributed by atoms with Crippen molar-refractivity contribution in [2.45, 2.75) is 57.6 Å². The molecule has 0 bridgehead atoms. The molecule has 1 saturated carbocycles. The van der Waals surface area contributed by atoms with E-state index in [4.69, 9.17) is 4.74 Å². The van der Waals surface area contributed by atoms with Gasteiger partial charge < -0.3 is 15.4 Å². The SMILES string of the molecule is CN1C(=O)N[C@]2(CCCC[C@H]2CNC(=O)OC(C)(C)C)C1=O. The van der Waals surface area contributed by atoms with Crippen molar-refractivity contribution in [1.82, 2.24) is 15.5 Å². The molecular weight excluding hydrogens is 286 g/mol. The van der Waals surface area contributed by atoms with E-state index >= 15 is 0 Å². The zero-order valence-electron chi connectivity index (χ0n) is 13.7. The summed E-state index contributed by atoms with van der Waals surface area (Å²) in [6.07, 6.45) is 2.77. The number of carbonyl (C=O) groups excluding carboxylic acids is 3.